The number of thiazole rings is 1. The van der Waals surface area contributed by atoms with Crippen molar-refractivity contribution >= 4 is 16.5 Å². The fourth-order valence-electron chi connectivity index (χ4n) is 1.74. The van der Waals surface area contributed by atoms with E-state index in [-0.39, 0.29) is 0 Å². The standard InChI is InChI=1S/C10H13F3N2S/c1-7-2-4-15(5-3-7)9-14-6-8(16-9)10(11,12)13/h6-7H,2-5H2,1H3. The van der Waals surface area contributed by atoms with Crippen molar-refractivity contribution in [3.05, 3.63) is 11.1 Å². The molecule has 0 amide bonds. The second kappa shape index (κ2) is 4.24. The quantitative estimate of drug-likeness (QED) is 0.759. The van der Waals surface area contributed by atoms with Crippen molar-refractivity contribution in [1.29, 1.82) is 0 Å². The van der Waals surface area contributed by atoms with E-state index in [9.17, 15) is 13.2 Å². The number of hydrogen-bond donors (Lipinski definition) is 0. The molecule has 0 unspecified atom stereocenters. The van der Waals surface area contributed by atoms with Gasteiger partial charge in [-0.1, -0.05) is 18.3 Å². The number of hydrogen-bond acceptors (Lipinski definition) is 3. The predicted molar refractivity (Wildman–Crippen MR) is 57.7 cm³/mol. The van der Waals surface area contributed by atoms with E-state index in [1.165, 1.54) is 0 Å². The molecule has 1 aromatic rings. The van der Waals surface area contributed by atoms with Gasteiger partial charge in [0, 0.05) is 13.1 Å². The Morgan fingerprint density at radius 2 is 2.00 bits per heavy atom. The molecule has 1 fully saturated rings. The Bertz CT molecular complexity index is 353. The van der Waals surface area contributed by atoms with Crippen LogP contribution in [-0.4, -0.2) is 18.1 Å². The van der Waals surface area contributed by atoms with Gasteiger partial charge < -0.3 is 4.90 Å². The Kier molecular flexibility index (Phi) is 3.10. The zero-order valence-corrected chi connectivity index (χ0v) is 9.74. The van der Waals surface area contributed by atoms with E-state index < -0.39 is 11.1 Å². The third-order valence-corrected chi connectivity index (χ3v) is 3.93. The molecule has 16 heavy (non-hydrogen) atoms. The van der Waals surface area contributed by atoms with Crippen LogP contribution >= 0.6 is 11.3 Å². The number of aromatic nitrogens is 1. The van der Waals surface area contributed by atoms with Gasteiger partial charge in [0.05, 0.1) is 6.20 Å². The van der Waals surface area contributed by atoms with Gasteiger partial charge in [0.2, 0.25) is 0 Å². The number of rotatable bonds is 1. The summed E-state index contributed by atoms with van der Waals surface area (Å²) in [6.45, 7) is 3.79. The highest BCUT2D eigenvalue weighted by molar-refractivity contribution is 7.15. The van der Waals surface area contributed by atoms with Gasteiger partial charge in [-0.2, -0.15) is 13.2 Å². The summed E-state index contributed by atoms with van der Waals surface area (Å²) in [6.07, 6.45) is -1.28. The van der Waals surface area contributed by atoms with Crippen LogP contribution in [0.15, 0.2) is 6.20 Å². The zero-order chi connectivity index (χ0) is 11.8. The van der Waals surface area contributed by atoms with Crippen molar-refractivity contribution in [1.82, 2.24) is 4.98 Å². The molecule has 0 spiro atoms. The molecule has 1 saturated heterocycles. The molecule has 2 rings (SSSR count). The molecule has 0 radical (unpaired) electrons. The van der Waals surface area contributed by atoms with Gasteiger partial charge in [0.15, 0.2) is 5.13 Å². The average molecular weight is 250 g/mol. The molecule has 0 aromatic carbocycles. The van der Waals surface area contributed by atoms with Gasteiger partial charge in [-0.15, -0.1) is 0 Å². The van der Waals surface area contributed by atoms with Crippen molar-refractivity contribution in [2.45, 2.75) is 25.9 Å². The Balaban J connectivity index is 2.08. The van der Waals surface area contributed by atoms with E-state index >= 15 is 0 Å². The largest absolute Gasteiger partial charge is 0.427 e. The summed E-state index contributed by atoms with van der Waals surface area (Å²) in [6, 6.07) is 0. The summed E-state index contributed by atoms with van der Waals surface area (Å²) < 4.78 is 37.1. The van der Waals surface area contributed by atoms with Gasteiger partial charge >= 0.3 is 6.18 Å². The summed E-state index contributed by atoms with van der Waals surface area (Å²) >= 11 is 0.737. The summed E-state index contributed by atoms with van der Waals surface area (Å²) in [5, 5.41) is 0.499. The first kappa shape index (κ1) is 11.7. The van der Waals surface area contributed by atoms with Crippen LogP contribution in [0.2, 0.25) is 0 Å². The van der Waals surface area contributed by atoms with Crippen molar-refractivity contribution in [2.24, 2.45) is 5.92 Å². The molecule has 1 aliphatic heterocycles. The molecule has 1 aromatic heterocycles. The molecule has 0 saturated carbocycles. The monoisotopic (exact) mass is 250 g/mol. The highest BCUT2D eigenvalue weighted by Crippen LogP contribution is 2.37. The lowest BCUT2D eigenvalue weighted by molar-refractivity contribution is -0.134. The Morgan fingerprint density at radius 1 is 1.38 bits per heavy atom. The number of piperidine rings is 1. The lowest BCUT2D eigenvalue weighted by Gasteiger charge is -2.29. The topological polar surface area (TPSA) is 16.1 Å². The minimum atomic E-state index is -4.26. The van der Waals surface area contributed by atoms with Gasteiger partial charge in [0.1, 0.15) is 4.88 Å². The first-order valence-corrected chi connectivity index (χ1v) is 6.06. The fraction of sp³-hybridized carbons (Fsp3) is 0.700. The van der Waals surface area contributed by atoms with Crippen LogP contribution in [0, 0.1) is 5.92 Å². The third kappa shape index (κ3) is 2.48. The molecular formula is C10H13F3N2S. The van der Waals surface area contributed by atoms with Crippen LogP contribution in [-0.2, 0) is 6.18 Å². The van der Waals surface area contributed by atoms with E-state index in [2.05, 4.69) is 11.9 Å². The van der Waals surface area contributed by atoms with E-state index in [4.69, 9.17) is 0 Å². The zero-order valence-electron chi connectivity index (χ0n) is 8.92. The molecule has 0 atom stereocenters. The highest BCUT2D eigenvalue weighted by Gasteiger charge is 2.34. The molecule has 0 bridgehead atoms. The van der Waals surface area contributed by atoms with Gasteiger partial charge in [-0.05, 0) is 18.8 Å². The molecule has 0 aliphatic carbocycles. The molecule has 1 aliphatic rings. The van der Waals surface area contributed by atoms with E-state index in [1.54, 1.807) is 0 Å². The summed E-state index contributed by atoms with van der Waals surface area (Å²) in [5.41, 5.74) is 0. The van der Waals surface area contributed by atoms with Crippen LogP contribution in [0.5, 0.6) is 0 Å². The molecule has 90 valence electrons. The first-order valence-electron chi connectivity index (χ1n) is 5.25. The van der Waals surface area contributed by atoms with E-state index in [0.29, 0.717) is 11.0 Å². The number of anilines is 1. The van der Waals surface area contributed by atoms with Crippen molar-refractivity contribution in [2.75, 3.05) is 18.0 Å². The SMILES string of the molecule is CC1CCN(c2ncc(C(F)(F)F)s2)CC1. The maximum atomic E-state index is 12.4. The van der Waals surface area contributed by atoms with Gasteiger partial charge in [-0.25, -0.2) is 4.98 Å². The van der Waals surface area contributed by atoms with Crippen molar-refractivity contribution in [3.8, 4) is 0 Å². The normalized spacial score (nSPS) is 19.1. The molecule has 0 N–H and O–H groups in total. The summed E-state index contributed by atoms with van der Waals surface area (Å²) in [7, 11) is 0. The van der Waals surface area contributed by atoms with Crippen molar-refractivity contribution in [3.63, 3.8) is 0 Å². The lowest BCUT2D eigenvalue weighted by Crippen LogP contribution is -2.32. The predicted octanol–water partition coefficient (Wildman–Crippen LogP) is 3.40. The minimum Gasteiger partial charge on any atom is -0.348 e. The number of nitrogens with zero attached hydrogens (tertiary/aromatic N) is 2. The summed E-state index contributed by atoms with van der Waals surface area (Å²) in [4.78, 5) is 5.19. The van der Waals surface area contributed by atoms with Crippen LogP contribution < -0.4 is 4.90 Å². The van der Waals surface area contributed by atoms with Gasteiger partial charge in [-0.3, -0.25) is 0 Å². The molecule has 2 nitrogen and oxygen atoms in total. The average Bonchev–Trinajstić information content (AvgIpc) is 2.67. The fourth-order valence-corrected chi connectivity index (χ4v) is 2.58. The summed E-state index contributed by atoms with van der Waals surface area (Å²) in [5.74, 6) is 0.665. The van der Waals surface area contributed by atoms with Gasteiger partial charge in [0.25, 0.3) is 0 Å². The second-order valence-electron chi connectivity index (χ2n) is 4.17. The van der Waals surface area contributed by atoms with Crippen LogP contribution in [0.4, 0.5) is 18.3 Å². The number of alkyl halides is 3. The van der Waals surface area contributed by atoms with Crippen molar-refractivity contribution < 1.29 is 13.2 Å². The molecule has 6 heteroatoms. The number of halogens is 3. The second-order valence-corrected chi connectivity index (χ2v) is 5.18. The smallest absolute Gasteiger partial charge is 0.348 e. The van der Waals surface area contributed by atoms with Crippen LogP contribution in [0.25, 0.3) is 0 Å². The van der Waals surface area contributed by atoms with Crippen LogP contribution in [0.1, 0.15) is 24.6 Å². The maximum Gasteiger partial charge on any atom is 0.427 e. The van der Waals surface area contributed by atoms with E-state index in [1.807, 2.05) is 4.90 Å². The first-order chi connectivity index (χ1) is 7.47. The Morgan fingerprint density at radius 3 is 2.50 bits per heavy atom. The molecule has 2 heterocycles. The maximum absolute atomic E-state index is 12.4. The Hall–Kier alpha value is -0.780. The highest BCUT2D eigenvalue weighted by atomic mass is 32.1. The Labute approximate surface area is 96.1 Å². The van der Waals surface area contributed by atoms with E-state index in [0.717, 1.165) is 43.5 Å². The third-order valence-electron chi connectivity index (χ3n) is 2.83. The molecular weight excluding hydrogens is 237 g/mol. The van der Waals surface area contributed by atoms with Crippen LogP contribution in [0.3, 0.4) is 0 Å². The lowest BCUT2D eigenvalue weighted by atomic mass is 10.00. The minimum absolute atomic E-state index is 0.499.